The van der Waals surface area contributed by atoms with Crippen LogP contribution in [0.1, 0.15) is 5.56 Å². The molecule has 4 nitrogen and oxygen atoms in total. The van der Waals surface area contributed by atoms with E-state index in [0.717, 1.165) is 4.31 Å². The highest BCUT2D eigenvalue weighted by Crippen LogP contribution is 2.25. The molecule has 0 aliphatic heterocycles. The first-order valence-electron chi connectivity index (χ1n) is 6.55. The number of halogens is 3. The standard InChI is InChI=1S/C15H14ClF2NO3S/c1-19(23(20,21)14-5-3-2-4-13(14)16)10-11-6-8-12(9-7-11)22-15(17)18/h2-9,15H,10H2,1H3. The van der Waals surface area contributed by atoms with E-state index in [1.54, 1.807) is 12.1 Å². The summed E-state index contributed by atoms with van der Waals surface area (Å²) in [6.45, 7) is -2.83. The van der Waals surface area contributed by atoms with Crippen LogP contribution in [-0.4, -0.2) is 26.4 Å². The molecule has 0 N–H and O–H groups in total. The maximum absolute atomic E-state index is 12.5. The molecule has 0 fully saturated rings. The van der Waals surface area contributed by atoms with Crippen LogP contribution in [0, 0.1) is 0 Å². The summed E-state index contributed by atoms with van der Waals surface area (Å²) < 4.78 is 54.5. The summed E-state index contributed by atoms with van der Waals surface area (Å²) in [5.41, 5.74) is 0.629. The highest BCUT2D eigenvalue weighted by atomic mass is 35.5. The first-order valence-corrected chi connectivity index (χ1v) is 8.37. The van der Waals surface area contributed by atoms with Crippen LogP contribution in [0.15, 0.2) is 53.4 Å². The third-order valence-corrected chi connectivity index (χ3v) is 5.38. The normalized spacial score (nSPS) is 11.9. The molecule has 0 saturated carbocycles. The van der Waals surface area contributed by atoms with Gasteiger partial charge in [0, 0.05) is 13.6 Å². The predicted octanol–water partition coefficient (Wildman–Crippen LogP) is 3.76. The van der Waals surface area contributed by atoms with Gasteiger partial charge in [-0.1, -0.05) is 35.9 Å². The van der Waals surface area contributed by atoms with Crippen molar-refractivity contribution in [1.29, 1.82) is 0 Å². The zero-order chi connectivity index (χ0) is 17.0. The Morgan fingerprint density at radius 2 is 1.74 bits per heavy atom. The lowest BCUT2D eigenvalue weighted by atomic mass is 10.2. The van der Waals surface area contributed by atoms with E-state index in [2.05, 4.69) is 4.74 Å². The van der Waals surface area contributed by atoms with Crippen LogP contribution in [-0.2, 0) is 16.6 Å². The Labute approximate surface area is 138 Å². The second kappa shape index (κ2) is 7.25. The molecule has 0 aliphatic rings. The van der Waals surface area contributed by atoms with Crippen LogP contribution in [0.3, 0.4) is 0 Å². The van der Waals surface area contributed by atoms with Crippen LogP contribution < -0.4 is 4.74 Å². The molecule has 0 amide bonds. The Morgan fingerprint density at radius 3 is 2.30 bits per heavy atom. The first-order chi connectivity index (χ1) is 10.8. The minimum Gasteiger partial charge on any atom is -0.435 e. The van der Waals surface area contributed by atoms with E-state index in [0.29, 0.717) is 5.56 Å². The molecule has 0 aromatic heterocycles. The summed E-state index contributed by atoms with van der Waals surface area (Å²) in [5, 5.41) is 0.139. The topological polar surface area (TPSA) is 46.6 Å². The maximum atomic E-state index is 12.5. The van der Waals surface area contributed by atoms with Crippen molar-refractivity contribution in [2.45, 2.75) is 18.1 Å². The summed E-state index contributed by atoms with van der Waals surface area (Å²) in [7, 11) is -2.33. The zero-order valence-electron chi connectivity index (χ0n) is 12.1. The Hall–Kier alpha value is -1.70. The van der Waals surface area contributed by atoms with E-state index in [1.807, 2.05) is 0 Å². The number of rotatable bonds is 6. The van der Waals surface area contributed by atoms with Gasteiger partial charge in [-0.2, -0.15) is 13.1 Å². The van der Waals surface area contributed by atoms with Gasteiger partial charge in [-0.3, -0.25) is 0 Å². The van der Waals surface area contributed by atoms with Crippen LogP contribution >= 0.6 is 11.6 Å². The van der Waals surface area contributed by atoms with Gasteiger partial charge in [0.15, 0.2) is 0 Å². The molecule has 8 heteroatoms. The molecule has 0 heterocycles. The van der Waals surface area contributed by atoms with E-state index in [-0.39, 0.29) is 22.2 Å². The molecular formula is C15H14ClF2NO3S. The lowest BCUT2D eigenvalue weighted by Crippen LogP contribution is -2.26. The molecule has 0 radical (unpaired) electrons. The molecule has 2 rings (SSSR count). The van der Waals surface area contributed by atoms with Crippen LogP contribution in [0.5, 0.6) is 5.75 Å². The van der Waals surface area contributed by atoms with Crippen molar-refractivity contribution in [3.05, 3.63) is 59.1 Å². The fourth-order valence-electron chi connectivity index (χ4n) is 1.94. The van der Waals surface area contributed by atoms with Crippen molar-refractivity contribution in [1.82, 2.24) is 4.31 Å². The molecule has 0 unspecified atom stereocenters. The first kappa shape index (κ1) is 17.7. The average Bonchev–Trinajstić information content (AvgIpc) is 2.49. The Morgan fingerprint density at radius 1 is 1.13 bits per heavy atom. The van der Waals surface area contributed by atoms with E-state index in [9.17, 15) is 17.2 Å². The summed E-state index contributed by atoms with van der Waals surface area (Å²) in [5.74, 6) is 0.0142. The average molecular weight is 362 g/mol. The van der Waals surface area contributed by atoms with Gasteiger partial charge in [-0.25, -0.2) is 8.42 Å². The Bertz CT molecular complexity index is 767. The summed E-state index contributed by atoms with van der Waals surface area (Å²) in [6, 6.07) is 11.9. The van der Waals surface area contributed by atoms with Gasteiger partial charge < -0.3 is 4.74 Å². The molecule has 2 aromatic rings. The molecule has 0 atom stereocenters. The fraction of sp³-hybridized carbons (Fsp3) is 0.200. The predicted molar refractivity (Wildman–Crippen MR) is 83.2 cm³/mol. The van der Waals surface area contributed by atoms with E-state index in [1.165, 1.54) is 43.4 Å². The maximum Gasteiger partial charge on any atom is 0.387 e. The number of sulfonamides is 1. The third kappa shape index (κ3) is 4.40. The molecule has 124 valence electrons. The number of hydrogen-bond donors (Lipinski definition) is 0. The van der Waals surface area contributed by atoms with Crippen molar-refractivity contribution in [2.75, 3.05) is 7.05 Å². The molecule has 2 aromatic carbocycles. The molecule has 0 spiro atoms. The number of hydrogen-bond acceptors (Lipinski definition) is 3. The highest BCUT2D eigenvalue weighted by Gasteiger charge is 2.23. The molecule has 0 bridgehead atoms. The summed E-state index contributed by atoms with van der Waals surface area (Å²) >= 11 is 5.93. The molecule has 23 heavy (non-hydrogen) atoms. The van der Waals surface area contributed by atoms with E-state index < -0.39 is 16.6 Å². The molecule has 0 aliphatic carbocycles. The van der Waals surface area contributed by atoms with E-state index >= 15 is 0 Å². The van der Waals surface area contributed by atoms with Gasteiger partial charge in [0.05, 0.1) is 5.02 Å². The van der Waals surface area contributed by atoms with Crippen molar-refractivity contribution in [3.63, 3.8) is 0 Å². The van der Waals surface area contributed by atoms with E-state index in [4.69, 9.17) is 11.6 Å². The van der Waals surface area contributed by atoms with Crippen molar-refractivity contribution in [2.24, 2.45) is 0 Å². The minimum atomic E-state index is -3.75. The number of alkyl halides is 2. The summed E-state index contributed by atoms with van der Waals surface area (Å²) in [4.78, 5) is 0.0156. The second-order valence-corrected chi connectivity index (χ2v) is 7.13. The van der Waals surface area contributed by atoms with Gasteiger partial charge in [0.2, 0.25) is 10.0 Å². The fourth-order valence-corrected chi connectivity index (χ4v) is 3.59. The van der Waals surface area contributed by atoms with Gasteiger partial charge >= 0.3 is 6.61 Å². The lowest BCUT2D eigenvalue weighted by molar-refractivity contribution is -0.0498. The van der Waals surface area contributed by atoms with Crippen LogP contribution in [0.4, 0.5) is 8.78 Å². The largest absolute Gasteiger partial charge is 0.435 e. The quantitative estimate of drug-likeness (QED) is 0.787. The van der Waals surface area contributed by atoms with Crippen molar-refractivity contribution in [3.8, 4) is 5.75 Å². The van der Waals surface area contributed by atoms with Gasteiger partial charge in [0.1, 0.15) is 10.6 Å². The number of benzene rings is 2. The SMILES string of the molecule is CN(Cc1ccc(OC(F)F)cc1)S(=O)(=O)c1ccccc1Cl. The highest BCUT2D eigenvalue weighted by molar-refractivity contribution is 7.89. The third-order valence-electron chi connectivity index (χ3n) is 3.08. The summed E-state index contributed by atoms with van der Waals surface area (Å²) in [6.07, 6.45) is 0. The van der Waals surface area contributed by atoms with Gasteiger partial charge in [-0.05, 0) is 29.8 Å². The van der Waals surface area contributed by atoms with Crippen molar-refractivity contribution >= 4 is 21.6 Å². The zero-order valence-corrected chi connectivity index (χ0v) is 13.7. The van der Waals surface area contributed by atoms with Gasteiger partial charge in [0.25, 0.3) is 0 Å². The Kier molecular flexibility index (Phi) is 5.56. The molecular weight excluding hydrogens is 348 g/mol. The number of ether oxygens (including phenoxy) is 1. The molecule has 0 saturated heterocycles. The second-order valence-electron chi connectivity index (χ2n) is 4.71. The van der Waals surface area contributed by atoms with Crippen LogP contribution in [0.2, 0.25) is 5.02 Å². The lowest BCUT2D eigenvalue weighted by Gasteiger charge is -2.18. The minimum absolute atomic E-state index is 0.0142. The van der Waals surface area contributed by atoms with Gasteiger partial charge in [-0.15, -0.1) is 0 Å². The monoisotopic (exact) mass is 361 g/mol. The van der Waals surface area contributed by atoms with Crippen LogP contribution in [0.25, 0.3) is 0 Å². The van der Waals surface area contributed by atoms with Crippen molar-refractivity contribution < 1.29 is 21.9 Å². The Balaban J connectivity index is 2.15. The smallest absolute Gasteiger partial charge is 0.387 e. The number of nitrogens with zero attached hydrogens (tertiary/aromatic N) is 1.